The monoisotopic (exact) mass is 184 g/mol. The largest absolute Gasteiger partial charge is 0.356 e. The molecule has 12 heavy (non-hydrogen) atoms. The molecule has 1 unspecified atom stereocenters. The molecule has 0 aliphatic carbocycles. The van der Waals surface area contributed by atoms with Crippen LogP contribution >= 0.6 is 11.6 Å². The molecular weight excluding hydrogens is 176 g/mol. The first-order chi connectivity index (χ1) is 5.86. The van der Waals surface area contributed by atoms with Crippen molar-refractivity contribution in [3.8, 4) is 0 Å². The van der Waals surface area contributed by atoms with Crippen molar-refractivity contribution < 1.29 is 4.74 Å². The van der Waals surface area contributed by atoms with Gasteiger partial charge in [0.15, 0.2) is 6.23 Å². The third-order valence-corrected chi connectivity index (χ3v) is 1.93. The zero-order valence-electron chi connectivity index (χ0n) is 6.46. The van der Waals surface area contributed by atoms with E-state index in [-0.39, 0.29) is 6.23 Å². The Bertz CT molecular complexity index is 274. The average Bonchev–Trinajstić information content (AvgIpc) is 2.56. The summed E-state index contributed by atoms with van der Waals surface area (Å²) in [4.78, 5) is 4.13. The molecule has 0 saturated carbocycles. The lowest BCUT2D eigenvalue weighted by atomic mass is 10.3. The maximum Gasteiger partial charge on any atom is 0.151 e. The number of rotatable bonds is 1. The molecule has 1 aromatic rings. The second-order valence-electron chi connectivity index (χ2n) is 2.59. The van der Waals surface area contributed by atoms with Gasteiger partial charge in [-0.2, -0.15) is 0 Å². The molecule has 1 N–H and O–H groups in total. The average molecular weight is 185 g/mol. The second kappa shape index (κ2) is 3.39. The molecule has 2 heterocycles. The molecule has 0 bridgehead atoms. The highest BCUT2D eigenvalue weighted by Gasteiger charge is 2.17. The zero-order valence-corrected chi connectivity index (χ0v) is 7.21. The highest BCUT2D eigenvalue weighted by Crippen LogP contribution is 2.16. The molecule has 1 aromatic heterocycles. The Balaban J connectivity index is 2.21. The lowest BCUT2D eigenvalue weighted by molar-refractivity contribution is 0.0985. The van der Waals surface area contributed by atoms with Gasteiger partial charge in [-0.3, -0.25) is 5.32 Å². The fourth-order valence-corrected chi connectivity index (χ4v) is 1.36. The number of pyridine rings is 1. The summed E-state index contributed by atoms with van der Waals surface area (Å²) in [5, 5.41) is 3.66. The van der Waals surface area contributed by atoms with Crippen LogP contribution in [0.5, 0.6) is 0 Å². The van der Waals surface area contributed by atoms with E-state index in [0.717, 1.165) is 18.8 Å². The van der Waals surface area contributed by atoms with E-state index in [1.807, 2.05) is 12.1 Å². The zero-order chi connectivity index (χ0) is 8.39. The highest BCUT2D eigenvalue weighted by molar-refractivity contribution is 6.29. The van der Waals surface area contributed by atoms with Crippen LogP contribution in [-0.4, -0.2) is 18.1 Å². The number of hydrogen-bond acceptors (Lipinski definition) is 3. The number of halogens is 1. The molecule has 3 nitrogen and oxygen atoms in total. The van der Waals surface area contributed by atoms with Gasteiger partial charge in [0, 0.05) is 6.54 Å². The first-order valence-electron chi connectivity index (χ1n) is 3.84. The van der Waals surface area contributed by atoms with Gasteiger partial charge in [0.1, 0.15) is 5.15 Å². The number of ether oxygens (including phenoxy) is 1. The molecule has 1 atom stereocenters. The van der Waals surface area contributed by atoms with E-state index in [1.165, 1.54) is 0 Å². The van der Waals surface area contributed by atoms with Crippen LogP contribution in [0.4, 0.5) is 0 Å². The molecule has 0 spiro atoms. The van der Waals surface area contributed by atoms with Crippen LogP contribution in [-0.2, 0) is 4.74 Å². The van der Waals surface area contributed by atoms with Gasteiger partial charge in [0.25, 0.3) is 0 Å². The van der Waals surface area contributed by atoms with Crippen molar-refractivity contribution in [1.82, 2.24) is 10.3 Å². The van der Waals surface area contributed by atoms with Crippen LogP contribution in [0, 0.1) is 0 Å². The number of aromatic nitrogens is 1. The maximum atomic E-state index is 5.73. The van der Waals surface area contributed by atoms with Crippen LogP contribution in [0.15, 0.2) is 18.2 Å². The molecule has 0 radical (unpaired) electrons. The Morgan fingerprint density at radius 3 is 3.17 bits per heavy atom. The predicted octanol–water partition coefficient (Wildman–Crippen LogP) is 1.35. The molecule has 1 fully saturated rings. The fraction of sp³-hybridized carbons (Fsp3) is 0.375. The third kappa shape index (κ3) is 1.58. The summed E-state index contributed by atoms with van der Waals surface area (Å²) < 4.78 is 5.36. The van der Waals surface area contributed by atoms with Crippen molar-refractivity contribution >= 4 is 11.6 Å². The standard InChI is InChI=1S/C8H9ClN2O/c9-7-3-1-2-6(11-7)8-10-4-5-12-8/h1-3,8,10H,4-5H2. The summed E-state index contributed by atoms with van der Waals surface area (Å²) in [6.07, 6.45) is -0.0799. The van der Waals surface area contributed by atoms with Crippen LogP contribution in [0.1, 0.15) is 11.9 Å². The number of nitrogens with one attached hydrogen (secondary N) is 1. The summed E-state index contributed by atoms with van der Waals surface area (Å²) >= 11 is 5.73. The van der Waals surface area contributed by atoms with E-state index in [4.69, 9.17) is 16.3 Å². The minimum Gasteiger partial charge on any atom is -0.356 e. The topological polar surface area (TPSA) is 34.1 Å². The van der Waals surface area contributed by atoms with Gasteiger partial charge in [-0.25, -0.2) is 4.98 Å². The van der Waals surface area contributed by atoms with Crippen LogP contribution in [0.25, 0.3) is 0 Å². The Labute approximate surface area is 75.7 Å². The van der Waals surface area contributed by atoms with Gasteiger partial charge < -0.3 is 4.74 Å². The highest BCUT2D eigenvalue weighted by atomic mass is 35.5. The summed E-state index contributed by atoms with van der Waals surface area (Å²) in [5.74, 6) is 0. The molecule has 4 heteroatoms. The summed E-state index contributed by atoms with van der Waals surface area (Å²) in [5.41, 5.74) is 0.847. The van der Waals surface area contributed by atoms with Crippen LogP contribution in [0.2, 0.25) is 5.15 Å². The Hall–Kier alpha value is -0.640. The van der Waals surface area contributed by atoms with Gasteiger partial charge in [-0.15, -0.1) is 0 Å². The van der Waals surface area contributed by atoms with Gasteiger partial charge in [0.2, 0.25) is 0 Å². The number of nitrogens with zero attached hydrogens (tertiary/aromatic N) is 1. The Morgan fingerprint density at radius 2 is 2.50 bits per heavy atom. The van der Waals surface area contributed by atoms with Crippen molar-refractivity contribution in [1.29, 1.82) is 0 Å². The third-order valence-electron chi connectivity index (χ3n) is 1.72. The van der Waals surface area contributed by atoms with E-state index in [9.17, 15) is 0 Å². The summed E-state index contributed by atoms with van der Waals surface area (Å²) in [6, 6.07) is 5.52. The van der Waals surface area contributed by atoms with E-state index >= 15 is 0 Å². The smallest absolute Gasteiger partial charge is 0.151 e. The lowest BCUT2D eigenvalue weighted by Crippen LogP contribution is -2.15. The molecule has 2 rings (SSSR count). The molecule has 1 aliphatic rings. The van der Waals surface area contributed by atoms with Crippen molar-refractivity contribution in [3.63, 3.8) is 0 Å². The minimum atomic E-state index is -0.0799. The van der Waals surface area contributed by atoms with Crippen molar-refractivity contribution in [2.45, 2.75) is 6.23 Å². The fourth-order valence-electron chi connectivity index (χ4n) is 1.19. The maximum absolute atomic E-state index is 5.73. The number of hydrogen-bond donors (Lipinski definition) is 1. The Morgan fingerprint density at radius 1 is 1.58 bits per heavy atom. The molecule has 1 saturated heterocycles. The predicted molar refractivity (Wildman–Crippen MR) is 45.9 cm³/mol. The van der Waals surface area contributed by atoms with Gasteiger partial charge in [0.05, 0.1) is 12.3 Å². The van der Waals surface area contributed by atoms with E-state index in [1.54, 1.807) is 6.07 Å². The first-order valence-corrected chi connectivity index (χ1v) is 4.21. The quantitative estimate of drug-likeness (QED) is 0.670. The molecule has 1 aliphatic heterocycles. The molecule has 64 valence electrons. The van der Waals surface area contributed by atoms with Crippen molar-refractivity contribution in [3.05, 3.63) is 29.0 Å². The molecule has 0 amide bonds. The summed E-state index contributed by atoms with van der Waals surface area (Å²) in [6.45, 7) is 1.61. The summed E-state index contributed by atoms with van der Waals surface area (Å²) in [7, 11) is 0. The SMILES string of the molecule is Clc1cccc(C2NCCO2)n1. The molecule has 0 aromatic carbocycles. The van der Waals surface area contributed by atoms with Gasteiger partial charge >= 0.3 is 0 Å². The second-order valence-corrected chi connectivity index (χ2v) is 2.98. The van der Waals surface area contributed by atoms with Crippen molar-refractivity contribution in [2.75, 3.05) is 13.2 Å². The van der Waals surface area contributed by atoms with Gasteiger partial charge in [-0.05, 0) is 12.1 Å². The van der Waals surface area contributed by atoms with Crippen LogP contribution < -0.4 is 5.32 Å². The van der Waals surface area contributed by atoms with E-state index in [0.29, 0.717) is 5.15 Å². The van der Waals surface area contributed by atoms with E-state index < -0.39 is 0 Å². The van der Waals surface area contributed by atoms with Crippen molar-refractivity contribution in [2.24, 2.45) is 0 Å². The van der Waals surface area contributed by atoms with Crippen LogP contribution in [0.3, 0.4) is 0 Å². The molecular formula is C8H9ClN2O. The first kappa shape index (κ1) is 7.98. The normalized spacial score (nSPS) is 22.9. The van der Waals surface area contributed by atoms with Gasteiger partial charge in [-0.1, -0.05) is 17.7 Å². The minimum absolute atomic E-state index is 0.0799. The lowest BCUT2D eigenvalue weighted by Gasteiger charge is -2.08. The van der Waals surface area contributed by atoms with E-state index in [2.05, 4.69) is 10.3 Å². The Kier molecular flexibility index (Phi) is 2.26.